The molecule has 6 nitrogen and oxygen atoms in total. The van der Waals surface area contributed by atoms with Crippen LogP contribution < -0.4 is 10.6 Å². The highest BCUT2D eigenvalue weighted by molar-refractivity contribution is 7.80. The molecule has 0 atom stereocenters. The van der Waals surface area contributed by atoms with E-state index in [9.17, 15) is 4.79 Å². The van der Waals surface area contributed by atoms with E-state index in [2.05, 4.69) is 10.6 Å². The van der Waals surface area contributed by atoms with Gasteiger partial charge >= 0.3 is 5.97 Å². The molecule has 154 valence electrons. The van der Waals surface area contributed by atoms with Gasteiger partial charge < -0.3 is 25.0 Å². The lowest BCUT2D eigenvalue weighted by Crippen LogP contribution is -2.25. The molecule has 8 heteroatoms. The molecule has 0 amide bonds. The molecule has 0 aliphatic heterocycles. The van der Waals surface area contributed by atoms with Crippen molar-refractivity contribution in [2.45, 2.75) is 39.7 Å². The van der Waals surface area contributed by atoms with Gasteiger partial charge in [-0.3, -0.25) is 4.79 Å². The van der Waals surface area contributed by atoms with Crippen molar-refractivity contribution in [1.29, 1.82) is 0 Å². The van der Waals surface area contributed by atoms with Crippen molar-refractivity contribution >= 4 is 48.4 Å². The highest BCUT2D eigenvalue weighted by Gasteiger charge is 2.15. The fourth-order valence-corrected chi connectivity index (χ4v) is 1.81. The van der Waals surface area contributed by atoms with Crippen LogP contribution in [0, 0.1) is 6.92 Å². The van der Waals surface area contributed by atoms with Gasteiger partial charge in [-0.15, -0.1) is 0 Å². The van der Waals surface area contributed by atoms with Crippen LogP contribution in [0.2, 0.25) is 5.02 Å². The van der Waals surface area contributed by atoms with Gasteiger partial charge in [0, 0.05) is 24.2 Å². The number of hydrogen-bond donors (Lipinski definition) is 2. The molecule has 1 rings (SSSR count). The summed E-state index contributed by atoms with van der Waals surface area (Å²) in [7, 11) is 3.61. The number of halogens is 1. The average Bonchev–Trinajstić information content (AvgIpc) is 2.64. The summed E-state index contributed by atoms with van der Waals surface area (Å²) in [6.45, 7) is 12.2. The van der Waals surface area contributed by atoms with Crippen LogP contribution in [0.15, 0.2) is 18.2 Å². The van der Waals surface area contributed by atoms with E-state index >= 15 is 0 Å². The van der Waals surface area contributed by atoms with E-state index in [0.29, 0.717) is 13.0 Å². The molecule has 0 saturated carbocycles. The monoisotopic (exact) mass is 418 g/mol. The Bertz CT molecular complexity index is 561. The first-order valence-corrected chi connectivity index (χ1v) is 8.81. The van der Waals surface area contributed by atoms with E-state index in [1.165, 1.54) is 0 Å². The van der Waals surface area contributed by atoms with E-state index in [0.717, 1.165) is 21.1 Å². The smallest absolute Gasteiger partial charge is 0.307 e. The summed E-state index contributed by atoms with van der Waals surface area (Å²) in [5.74, 6) is -0.146. The number of ether oxygens (including phenoxy) is 1. The summed E-state index contributed by atoms with van der Waals surface area (Å²) < 4.78 is 5.06. The Hall–Kier alpha value is -1.83. The van der Waals surface area contributed by atoms with Gasteiger partial charge in [0.2, 0.25) is 0 Å². The van der Waals surface area contributed by atoms with Gasteiger partial charge in [-0.2, -0.15) is 0 Å². The molecule has 2 N–H and O–H groups in total. The second-order valence-corrected chi connectivity index (χ2v) is 6.80. The Balaban J connectivity index is -0.000000361. The molecule has 0 saturated heterocycles. The number of carbonyl (C=O) groups is 3. The fourth-order valence-electron chi connectivity index (χ4n) is 1.50. The predicted octanol–water partition coefficient (Wildman–Crippen LogP) is 3.11. The zero-order valence-electron chi connectivity index (χ0n) is 17.0. The molecule has 0 spiro atoms. The molecule has 0 unspecified atom stereocenters. The molecular weight excluding hydrogens is 388 g/mol. The normalized spacial score (nSPS) is 9.15. The van der Waals surface area contributed by atoms with Gasteiger partial charge in [0.1, 0.15) is 24.2 Å². The summed E-state index contributed by atoms with van der Waals surface area (Å²) in [4.78, 5) is 27.7. The number of rotatable bonds is 4. The number of esters is 1. The number of aryl methyl sites for hydroxylation is 1. The molecule has 0 radical (unpaired) electrons. The lowest BCUT2D eigenvalue weighted by atomic mass is 10.1. The second kappa shape index (κ2) is 17.6. The molecule has 0 aromatic heterocycles. The molecule has 27 heavy (non-hydrogen) atoms. The minimum Gasteiger partial charge on any atom is -0.460 e. The molecule has 0 bridgehead atoms. The zero-order valence-corrected chi connectivity index (χ0v) is 18.6. The fraction of sp³-hybridized carbons (Fsp3) is 0.474. The minimum absolute atomic E-state index is 0.146. The predicted molar refractivity (Wildman–Crippen MR) is 116 cm³/mol. The van der Waals surface area contributed by atoms with Crippen LogP contribution in [0.25, 0.3) is 0 Å². The van der Waals surface area contributed by atoms with Crippen molar-refractivity contribution < 1.29 is 19.1 Å². The van der Waals surface area contributed by atoms with E-state index in [1.54, 1.807) is 7.05 Å². The van der Waals surface area contributed by atoms with Crippen molar-refractivity contribution in [3.8, 4) is 0 Å². The largest absolute Gasteiger partial charge is 0.460 e. The standard InChI is InChI=1S/C9H10ClNS.C8H17NO2.2CH2O/c1-6-3-4-7(5-8(6)10)9(12)11-2;1-8(2,3)11-7(10)5-6-9-4;2*1-2/h3-5H,1-2H3,(H,11,12);9H,5-6H2,1-4H3;2*1H2. The Labute approximate surface area is 173 Å². The average molecular weight is 419 g/mol. The molecule has 1 aromatic carbocycles. The number of hydrogen-bond acceptors (Lipinski definition) is 6. The van der Waals surface area contributed by atoms with Crippen molar-refractivity contribution in [2.24, 2.45) is 0 Å². The van der Waals surface area contributed by atoms with E-state index in [1.807, 2.05) is 66.5 Å². The summed E-state index contributed by atoms with van der Waals surface area (Å²) in [5, 5.41) is 6.54. The highest BCUT2D eigenvalue weighted by Crippen LogP contribution is 2.16. The van der Waals surface area contributed by atoms with Crippen LogP contribution >= 0.6 is 23.8 Å². The Morgan fingerprint density at radius 3 is 2.07 bits per heavy atom. The van der Waals surface area contributed by atoms with Crippen molar-refractivity contribution in [2.75, 3.05) is 20.6 Å². The van der Waals surface area contributed by atoms with E-state index < -0.39 is 0 Å². The van der Waals surface area contributed by atoms with E-state index in [4.69, 9.17) is 38.1 Å². The van der Waals surface area contributed by atoms with Gasteiger partial charge in [-0.1, -0.05) is 36.0 Å². The van der Waals surface area contributed by atoms with Gasteiger partial charge in [-0.25, -0.2) is 0 Å². The maximum Gasteiger partial charge on any atom is 0.307 e. The summed E-state index contributed by atoms with van der Waals surface area (Å²) in [6, 6.07) is 5.79. The van der Waals surface area contributed by atoms with E-state index in [-0.39, 0.29) is 11.6 Å². The number of benzene rings is 1. The summed E-state index contributed by atoms with van der Waals surface area (Å²) in [6.07, 6.45) is 0.438. The van der Waals surface area contributed by atoms with Crippen LogP contribution in [-0.4, -0.2) is 50.8 Å². The minimum atomic E-state index is -0.356. The Kier molecular flexibility index (Phi) is 19.5. The Morgan fingerprint density at radius 2 is 1.70 bits per heavy atom. The maximum absolute atomic E-state index is 11.0. The second-order valence-electron chi connectivity index (χ2n) is 5.98. The third kappa shape index (κ3) is 17.3. The first kappa shape index (κ1) is 29.9. The highest BCUT2D eigenvalue weighted by atomic mass is 35.5. The SMILES string of the molecule is C=O.C=O.CNC(=S)c1ccc(C)c(Cl)c1.CNCCC(=O)OC(C)(C)C. The van der Waals surface area contributed by atoms with Crippen molar-refractivity contribution in [3.05, 3.63) is 34.3 Å². The van der Waals surface area contributed by atoms with Gasteiger partial charge in [-0.05, 0) is 46.4 Å². The van der Waals surface area contributed by atoms with Crippen LogP contribution in [0.1, 0.15) is 38.3 Å². The molecule has 1 aromatic rings. The summed E-state index contributed by atoms with van der Waals surface area (Å²) >= 11 is 11.0. The van der Waals surface area contributed by atoms with Gasteiger partial charge in [0.15, 0.2) is 0 Å². The van der Waals surface area contributed by atoms with Gasteiger partial charge in [0.25, 0.3) is 0 Å². The lowest BCUT2D eigenvalue weighted by Gasteiger charge is -2.19. The van der Waals surface area contributed by atoms with Gasteiger partial charge in [0.05, 0.1) is 6.42 Å². The Morgan fingerprint density at radius 1 is 1.19 bits per heavy atom. The third-order valence-electron chi connectivity index (χ3n) is 2.66. The zero-order chi connectivity index (χ0) is 22.0. The van der Waals surface area contributed by atoms with Crippen LogP contribution in [0.5, 0.6) is 0 Å². The lowest BCUT2D eigenvalue weighted by molar-refractivity contribution is -0.154. The molecular formula is C19H31ClN2O4S. The molecule has 0 heterocycles. The topological polar surface area (TPSA) is 84.5 Å². The maximum atomic E-state index is 11.0. The van der Waals surface area contributed by atoms with Crippen LogP contribution in [0.3, 0.4) is 0 Å². The summed E-state index contributed by atoms with van der Waals surface area (Å²) in [5.41, 5.74) is 1.67. The molecule has 0 aliphatic carbocycles. The first-order chi connectivity index (χ1) is 12.6. The molecule has 0 aliphatic rings. The van der Waals surface area contributed by atoms with Crippen LogP contribution in [-0.2, 0) is 19.1 Å². The first-order valence-electron chi connectivity index (χ1n) is 8.03. The van der Waals surface area contributed by atoms with Crippen molar-refractivity contribution in [3.63, 3.8) is 0 Å². The third-order valence-corrected chi connectivity index (χ3v) is 3.51. The van der Waals surface area contributed by atoms with Crippen molar-refractivity contribution in [1.82, 2.24) is 10.6 Å². The quantitative estimate of drug-likeness (QED) is 0.574. The number of nitrogens with one attached hydrogen (secondary N) is 2. The number of carbonyl (C=O) groups excluding carboxylic acids is 3. The number of thiocarbonyl (C=S) groups is 1. The van der Waals surface area contributed by atoms with Crippen LogP contribution in [0.4, 0.5) is 0 Å². The molecule has 0 fully saturated rings.